The highest BCUT2D eigenvalue weighted by Gasteiger charge is 2.20. The highest BCUT2D eigenvalue weighted by Crippen LogP contribution is 2.23. The molecule has 0 saturated carbocycles. The lowest BCUT2D eigenvalue weighted by molar-refractivity contribution is 0.538. The summed E-state index contributed by atoms with van der Waals surface area (Å²) >= 11 is 1.44. The zero-order valence-electron chi connectivity index (χ0n) is 10.8. The molecule has 0 aromatic carbocycles. The van der Waals surface area contributed by atoms with Crippen LogP contribution in [0, 0.1) is 0 Å². The Morgan fingerprint density at radius 3 is 2.78 bits per heavy atom. The second-order valence-corrected chi connectivity index (χ2v) is 4.73. The maximum Gasteiger partial charge on any atom is 0.176 e. The van der Waals surface area contributed by atoms with Gasteiger partial charge in [-0.2, -0.15) is 4.80 Å². The largest absolute Gasteiger partial charge is 0.309 e. The van der Waals surface area contributed by atoms with Crippen LogP contribution in [0.4, 0.5) is 0 Å². The number of hydrogen-bond donors (Lipinski definition) is 1. The number of tetrazole rings is 1. The van der Waals surface area contributed by atoms with Gasteiger partial charge in [0.05, 0.1) is 23.7 Å². The van der Waals surface area contributed by atoms with Crippen molar-refractivity contribution in [3.05, 3.63) is 16.4 Å². The maximum absolute atomic E-state index is 4.22. The summed E-state index contributed by atoms with van der Waals surface area (Å²) in [6.07, 6.45) is 1.60. The molecule has 8 heteroatoms. The van der Waals surface area contributed by atoms with Gasteiger partial charge in [-0.05, 0) is 29.7 Å². The van der Waals surface area contributed by atoms with Crippen molar-refractivity contribution in [2.45, 2.75) is 32.7 Å². The van der Waals surface area contributed by atoms with Crippen molar-refractivity contribution >= 4 is 11.5 Å². The van der Waals surface area contributed by atoms with Gasteiger partial charge in [0.2, 0.25) is 0 Å². The Kier molecular flexibility index (Phi) is 4.32. The zero-order valence-corrected chi connectivity index (χ0v) is 11.6. The van der Waals surface area contributed by atoms with Gasteiger partial charge in [-0.15, -0.1) is 15.3 Å². The van der Waals surface area contributed by atoms with Gasteiger partial charge in [-0.1, -0.05) is 18.3 Å². The van der Waals surface area contributed by atoms with Gasteiger partial charge >= 0.3 is 0 Å². The van der Waals surface area contributed by atoms with Crippen LogP contribution in [0.15, 0.2) is 0 Å². The monoisotopic (exact) mass is 267 g/mol. The fourth-order valence-corrected chi connectivity index (χ4v) is 2.63. The van der Waals surface area contributed by atoms with Gasteiger partial charge in [-0.3, -0.25) is 0 Å². The number of aryl methyl sites for hydroxylation is 2. The van der Waals surface area contributed by atoms with E-state index in [1.807, 2.05) is 0 Å². The maximum atomic E-state index is 4.22. The average molecular weight is 267 g/mol. The molecule has 0 spiro atoms. The van der Waals surface area contributed by atoms with Gasteiger partial charge in [0.1, 0.15) is 0 Å². The number of rotatable bonds is 6. The van der Waals surface area contributed by atoms with Crippen molar-refractivity contribution in [1.29, 1.82) is 0 Å². The summed E-state index contributed by atoms with van der Waals surface area (Å²) in [5, 5.41) is 19.7. The summed E-state index contributed by atoms with van der Waals surface area (Å²) < 4.78 is 4.03. The smallest absolute Gasteiger partial charge is 0.176 e. The van der Waals surface area contributed by atoms with Gasteiger partial charge in [0.25, 0.3) is 0 Å². The van der Waals surface area contributed by atoms with Crippen LogP contribution in [0.5, 0.6) is 0 Å². The molecule has 1 N–H and O–H groups in total. The van der Waals surface area contributed by atoms with Crippen LogP contribution in [0.2, 0.25) is 0 Å². The first-order chi connectivity index (χ1) is 8.74. The average Bonchev–Trinajstić information content (AvgIpc) is 2.97. The number of nitrogens with zero attached hydrogens (tertiary/aromatic N) is 6. The number of likely N-dealkylation sites (N-methyl/N-ethyl adjacent to an activating group) is 1. The molecule has 0 bridgehead atoms. The predicted octanol–water partition coefficient (Wildman–Crippen LogP) is 0.517. The minimum absolute atomic E-state index is 0.161. The van der Waals surface area contributed by atoms with Crippen LogP contribution in [-0.2, 0) is 19.9 Å². The van der Waals surface area contributed by atoms with Crippen molar-refractivity contribution < 1.29 is 0 Å². The van der Waals surface area contributed by atoms with Crippen LogP contribution in [0.1, 0.15) is 36.3 Å². The minimum atomic E-state index is 0.161. The van der Waals surface area contributed by atoms with E-state index >= 15 is 0 Å². The lowest BCUT2D eigenvalue weighted by atomic mass is 10.1. The number of nitrogens with one attached hydrogen (secondary N) is 1. The molecule has 0 aliphatic rings. The lowest BCUT2D eigenvalue weighted by Crippen LogP contribution is -2.23. The summed E-state index contributed by atoms with van der Waals surface area (Å²) in [5.41, 5.74) is 1.05. The highest BCUT2D eigenvalue weighted by atomic mass is 32.1. The molecule has 1 atom stereocenters. The fraction of sp³-hybridized carbons (Fsp3) is 0.700. The van der Waals surface area contributed by atoms with Crippen molar-refractivity contribution in [2.24, 2.45) is 7.05 Å². The molecule has 0 aliphatic carbocycles. The number of hydrogen-bond acceptors (Lipinski definition) is 7. The SMILES string of the molecule is CCNC(Cc1nnn(C)n1)c1snnc1CC. The molecule has 98 valence electrons. The molecular formula is C10H17N7S. The van der Waals surface area contributed by atoms with Crippen molar-refractivity contribution in [3.8, 4) is 0 Å². The molecule has 0 amide bonds. The van der Waals surface area contributed by atoms with Crippen LogP contribution >= 0.6 is 11.5 Å². The van der Waals surface area contributed by atoms with Crippen LogP contribution < -0.4 is 5.32 Å². The van der Waals surface area contributed by atoms with E-state index in [-0.39, 0.29) is 6.04 Å². The summed E-state index contributed by atoms with van der Waals surface area (Å²) in [6.45, 7) is 5.05. The van der Waals surface area contributed by atoms with E-state index in [1.54, 1.807) is 7.05 Å². The summed E-state index contributed by atoms with van der Waals surface area (Å²) in [4.78, 5) is 2.65. The first kappa shape index (κ1) is 13.0. The van der Waals surface area contributed by atoms with Crippen LogP contribution in [-0.4, -0.2) is 36.3 Å². The van der Waals surface area contributed by atoms with Crippen molar-refractivity contribution in [1.82, 2.24) is 35.1 Å². The van der Waals surface area contributed by atoms with E-state index in [0.29, 0.717) is 6.42 Å². The van der Waals surface area contributed by atoms with E-state index in [4.69, 9.17) is 0 Å². The van der Waals surface area contributed by atoms with E-state index in [0.717, 1.165) is 24.5 Å². The normalized spacial score (nSPS) is 12.8. The molecule has 0 saturated heterocycles. The molecule has 2 aromatic rings. The topological polar surface area (TPSA) is 81.4 Å². The molecule has 7 nitrogen and oxygen atoms in total. The first-order valence-electron chi connectivity index (χ1n) is 6.02. The molecule has 2 heterocycles. The van der Waals surface area contributed by atoms with Crippen LogP contribution in [0.3, 0.4) is 0 Å². The molecular weight excluding hydrogens is 250 g/mol. The van der Waals surface area contributed by atoms with Gasteiger partial charge in [0, 0.05) is 6.42 Å². The van der Waals surface area contributed by atoms with E-state index in [9.17, 15) is 0 Å². The third-order valence-corrected chi connectivity index (χ3v) is 3.50. The zero-order chi connectivity index (χ0) is 13.0. The Morgan fingerprint density at radius 1 is 1.33 bits per heavy atom. The second kappa shape index (κ2) is 5.96. The molecule has 2 aromatic heterocycles. The predicted molar refractivity (Wildman–Crippen MR) is 68.2 cm³/mol. The Labute approximate surface area is 110 Å². The Morgan fingerprint density at radius 2 is 2.17 bits per heavy atom. The summed E-state index contributed by atoms with van der Waals surface area (Å²) in [7, 11) is 1.77. The standard InChI is InChI=1S/C10H17N7S/c1-4-7-10(18-16-12-7)8(11-5-2)6-9-13-15-17(3)14-9/h8,11H,4-6H2,1-3H3. The third kappa shape index (κ3) is 2.88. The van der Waals surface area contributed by atoms with E-state index in [2.05, 4.69) is 44.2 Å². The molecule has 1 unspecified atom stereocenters. The molecule has 0 radical (unpaired) electrons. The number of aromatic nitrogens is 6. The molecule has 0 aliphatic heterocycles. The summed E-state index contributed by atoms with van der Waals surface area (Å²) in [5.74, 6) is 0.735. The van der Waals surface area contributed by atoms with E-state index in [1.165, 1.54) is 21.2 Å². The van der Waals surface area contributed by atoms with Gasteiger partial charge in [0.15, 0.2) is 5.82 Å². The molecule has 18 heavy (non-hydrogen) atoms. The van der Waals surface area contributed by atoms with Crippen molar-refractivity contribution in [2.75, 3.05) is 6.54 Å². The minimum Gasteiger partial charge on any atom is -0.309 e. The fourth-order valence-electron chi connectivity index (χ4n) is 1.82. The second-order valence-electron chi connectivity index (χ2n) is 3.95. The molecule has 2 rings (SSSR count). The van der Waals surface area contributed by atoms with Gasteiger partial charge in [-0.25, -0.2) is 0 Å². The lowest BCUT2D eigenvalue weighted by Gasteiger charge is -2.14. The van der Waals surface area contributed by atoms with Crippen molar-refractivity contribution in [3.63, 3.8) is 0 Å². The molecule has 0 fully saturated rings. The van der Waals surface area contributed by atoms with Gasteiger partial charge < -0.3 is 5.32 Å². The first-order valence-corrected chi connectivity index (χ1v) is 6.79. The Bertz CT molecular complexity index is 492. The van der Waals surface area contributed by atoms with E-state index < -0.39 is 0 Å². The highest BCUT2D eigenvalue weighted by molar-refractivity contribution is 7.05. The Balaban J connectivity index is 2.17. The van der Waals surface area contributed by atoms with Crippen LogP contribution in [0.25, 0.3) is 0 Å². The third-order valence-electron chi connectivity index (χ3n) is 2.62. The Hall–Kier alpha value is -1.41. The summed E-state index contributed by atoms with van der Waals surface area (Å²) in [6, 6.07) is 0.161. The quantitative estimate of drug-likeness (QED) is 0.821.